The summed E-state index contributed by atoms with van der Waals surface area (Å²) in [5, 5.41) is -0.185. The van der Waals surface area contributed by atoms with Crippen LogP contribution in [0.5, 0.6) is 11.5 Å². The predicted molar refractivity (Wildman–Crippen MR) is 112 cm³/mol. The van der Waals surface area contributed by atoms with E-state index in [0.717, 1.165) is 23.1 Å². The third-order valence-electron chi connectivity index (χ3n) is 3.99. The molecule has 0 saturated carbocycles. The molecule has 1 fully saturated rings. The zero-order valence-electron chi connectivity index (χ0n) is 16.8. The number of amides is 2. The third kappa shape index (κ3) is 5.90. The maximum Gasteiger partial charge on any atom is 0.326 e. The topological polar surface area (TPSA) is 82.1 Å². The average Bonchev–Trinajstić information content (AvgIpc) is 2.92. The first kappa shape index (κ1) is 23.1. The number of esters is 1. The molecule has 2 rings (SSSR count). The van der Waals surface area contributed by atoms with Crippen LogP contribution in [0, 0.1) is 0 Å². The molecular weight excluding hydrogens is 418 g/mol. The minimum absolute atomic E-state index is 0.0445. The maximum absolute atomic E-state index is 12.5. The van der Waals surface area contributed by atoms with Gasteiger partial charge in [-0.2, -0.15) is 0 Å². The summed E-state index contributed by atoms with van der Waals surface area (Å²) in [6.45, 7) is 7.59. The van der Waals surface area contributed by atoms with Crippen molar-refractivity contribution in [2.45, 2.75) is 40.2 Å². The predicted octanol–water partition coefficient (Wildman–Crippen LogP) is 4.52. The van der Waals surface area contributed by atoms with Crippen LogP contribution in [-0.4, -0.2) is 47.9 Å². The maximum atomic E-state index is 12.5. The Hall–Kier alpha value is -2.19. The Labute approximate surface area is 179 Å². The summed E-state index contributed by atoms with van der Waals surface area (Å²) in [6, 6.07) is 3.34. The summed E-state index contributed by atoms with van der Waals surface area (Å²) in [5.41, 5.74) is 0.580. The first-order valence-corrected chi connectivity index (χ1v) is 10.5. The van der Waals surface area contributed by atoms with Gasteiger partial charge in [-0.15, -0.1) is 0 Å². The molecule has 1 aliphatic rings. The summed E-state index contributed by atoms with van der Waals surface area (Å²) < 4.78 is 16.3. The number of carbonyl (C=O) groups is 3. The number of benzene rings is 1. The number of nitrogens with zero attached hydrogens (tertiary/aromatic N) is 1. The summed E-state index contributed by atoms with van der Waals surface area (Å²) in [5.74, 6) is -0.293. The molecule has 1 atom stereocenters. The van der Waals surface area contributed by atoms with E-state index in [1.807, 2.05) is 20.8 Å². The van der Waals surface area contributed by atoms with Gasteiger partial charge < -0.3 is 14.2 Å². The van der Waals surface area contributed by atoms with Crippen molar-refractivity contribution in [2.24, 2.45) is 0 Å². The normalized spacial score (nSPS) is 16.3. The highest BCUT2D eigenvalue weighted by atomic mass is 35.5. The Balaban J connectivity index is 2.30. The number of ether oxygens (including phenoxy) is 3. The van der Waals surface area contributed by atoms with E-state index in [4.69, 9.17) is 25.8 Å². The Morgan fingerprint density at radius 2 is 1.97 bits per heavy atom. The minimum Gasteiger partial charge on any atom is -0.490 e. The molecule has 0 spiro atoms. The number of carbonyl (C=O) groups excluding carboxylic acids is 3. The fourth-order valence-electron chi connectivity index (χ4n) is 2.46. The second-order valence-electron chi connectivity index (χ2n) is 6.17. The van der Waals surface area contributed by atoms with E-state index in [2.05, 4.69) is 0 Å². The lowest BCUT2D eigenvalue weighted by molar-refractivity contribution is -0.145. The standard InChI is InChI=1S/C20H24ClNO6S/c1-5-12(4)28-18-14(21)8-13(9-15(18)26-6-2)10-16-19(24)22(20(25)29-16)11-17(23)27-7-3/h8-10,12H,5-7,11H2,1-4H3/b16-10+/t12-/m1/s1. The molecule has 0 radical (unpaired) electrons. The van der Waals surface area contributed by atoms with E-state index in [1.165, 1.54) is 6.08 Å². The van der Waals surface area contributed by atoms with Gasteiger partial charge in [0.2, 0.25) is 0 Å². The lowest BCUT2D eigenvalue weighted by Crippen LogP contribution is -2.34. The molecule has 2 amide bonds. The van der Waals surface area contributed by atoms with Gasteiger partial charge in [0.15, 0.2) is 11.5 Å². The summed E-state index contributed by atoms with van der Waals surface area (Å²) >= 11 is 7.15. The molecule has 1 saturated heterocycles. The summed E-state index contributed by atoms with van der Waals surface area (Å²) in [4.78, 5) is 37.3. The third-order valence-corrected chi connectivity index (χ3v) is 5.18. The number of imide groups is 1. The van der Waals surface area contributed by atoms with E-state index in [1.54, 1.807) is 19.1 Å². The molecule has 1 aromatic carbocycles. The molecule has 0 aliphatic carbocycles. The molecule has 158 valence electrons. The number of hydrogen-bond donors (Lipinski definition) is 0. The Bertz CT molecular complexity index is 825. The van der Waals surface area contributed by atoms with Gasteiger partial charge in [0, 0.05) is 0 Å². The van der Waals surface area contributed by atoms with Gasteiger partial charge in [-0.25, -0.2) is 0 Å². The van der Waals surface area contributed by atoms with Crippen LogP contribution in [0.15, 0.2) is 17.0 Å². The first-order valence-electron chi connectivity index (χ1n) is 9.34. The zero-order chi connectivity index (χ0) is 21.6. The van der Waals surface area contributed by atoms with Crippen LogP contribution in [0.25, 0.3) is 6.08 Å². The van der Waals surface area contributed by atoms with E-state index in [0.29, 0.717) is 28.7 Å². The molecule has 7 nitrogen and oxygen atoms in total. The SMILES string of the molecule is CCOC(=O)CN1C(=O)S/C(=C/c2cc(Cl)c(O[C@H](C)CC)c(OCC)c2)C1=O. The van der Waals surface area contributed by atoms with Crippen molar-refractivity contribution in [2.75, 3.05) is 19.8 Å². The van der Waals surface area contributed by atoms with Gasteiger partial charge in [0.25, 0.3) is 11.1 Å². The summed E-state index contributed by atoms with van der Waals surface area (Å²) in [6.07, 6.45) is 2.30. The number of rotatable bonds is 9. The molecule has 1 aliphatic heterocycles. The zero-order valence-corrected chi connectivity index (χ0v) is 18.4. The largest absolute Gasteiger partial charge is 0.490 e. The number of hydrogen-bond acceptors (Lipinski definition) is 7. The summed E-state index contributed by atoms with van der Waals surface area (Å²) in [7, 11) is 0. The van der Waals surface area contributed by atoms with Crippen molar-refractivity contribution < 1.29 is 28.6 Å². The van der Waals surface area contributed by atoms with Crippen molar-refractivity contribution >= 4 is 46.6 Å². The number of halogens is 1. The molecule has 0 unspecified atom stereocenters. The quantitative estimate of drug-likeness (QED) is 0.411. The van der Waals surface area contributed by atoms with Gasteiger partial charge in [0.1, 0.15) is 6.54 Å². The Morgan fingerprint density at radius 3 is 2.59 bits per heavy atom. The molecular formula is C20H24ClNO6S. The minimum atomic E-state index is -0.635. The van der Waals surface area contributed by atoms with Crippen molar-refractivity contribution in [1.82, 2.24) is 4.90 Å². The van der Waals surface area contributed by atoms with Crippen molar-refractivity contribution in [3.05, 3.63) is 27.6 Å². The van der Waals surface area contributed by atoms with E-state index >= 15 is 0 Å². The highest BCUT2D eigenvalue weighted by molar-refractivity contribution is 8.18. The highest BCUT2D eigenvalue weighted by Crippen LogP contribution is 2.39. The van der Waals surface area contributed by atoms with E-state index < -0.39 is 23.7 Å². The van der Waals surface area contributed by atoms with E-state index in [9.17, 15) is 14.4 Å². The second-order valence-corrected chi connectivity index (χ2v) is 7.57. The molecule has 0 N–H and O–H groups in total. The van der Waals surface area contributed by atoms with Gasteiger partial charge in [-0.1, -0.05) is 18.5 Å². The lowest BCUT2D eigenvalue weighted by Gasteiger charge is -2.18. The Morgan fingerprint density at radius 1 is 1.24 bits per heavy atom. The Kier molecular flexibility index (Phi) is 8.40. The van der Waals surface area contributed by atoms with Gasteiger partial charge in [0.05, 0.1) is 29.2 Å². The smallest absolute Gasteiger partial charge is 0.326 e. The molecule has 29 heavy (non-hydrogen) atoms. The molecule has 0 aromatic heterocycles. The highest BCUT2D eigenvalue weighted by Gasteiger charge is 2.36. The molecule has 9 heteroatoms. The van der Waals surface area contributed by atoms with Crippen LogP contribution < -0.4 is 9.47 Å². The van der Waals surface area contributed by atoms with Gasteiger partial charge in [-0.05, 0) is 62.7 Å². The van der Waals surface area contributed by atoms with Gasteiger partial charge >= 0.3 is 5.97 Å². The van der Waals surface area contributed by atoms with Crippen LogP contribution in [0.1, 0.15) is 39.7 Å². The fraction of sp³-hybridized carbons (Fsp3) is 0.450. The van der Waals surface area contributed by atoms with Crippen LogP contribution in [0.2, 0.25) is 5.02 Å². The monoisotopic (exact) mass is 441 g/mol. The fourth-order valence-corrected chi connectivity index (χ4v) is 3.56. The van der Waals surface area contributed by atoms with Crippen LogP contribution in [-0.2, 0) is 14.3 Å². The lowest BCUT2D eigenvalue weighted by atomic mass is 10.1. The van der Waals surface area contributed by atoms with Crippen LogP contribution in [0.3, 0.4) is 0 Å². The van der Waals surface area contributed by atoms with E-state index in [-0.39, 0.29) is 17.6 Å². The molecule has 1 aromatic rings. The van der Waals surface area contributed by atoms with Crippen molar-refractivity contribution in [1.29, 1.82) is 0 Å². The average molecular weight is 442 g/mol. The van der Waals surface area contributed by atoms with Crippen LogP contribution in [0.4, 0.5) is 4.79 Å². The van der Waals surface area contributed by atoms with Crippen molar-refractivity contribution in [3.8, 4) is 11.5 Å². The van der Waals surface area contributed by atoms with Crippen molar-refractivity contribution in [3.63, 3.8) is 0 Å². The van der Waals surface area contributed by atoms with Crippen LogP contribution >= 0.6 is 23.4 Å². The molecule has 0 bridgehead atoms. The molecule has 1 heterocycles. The first-order chi connectivity index (χ1) is 13.8. The second kappa shape index (κ2) is 10.5. The van der Waals surface area contributed by atoms with Gasteiger partial charge in [-0.3, -0.25) is 19.3 Å². The number of thioether (sulfide) groups is 1.